The molecule has 1 aliphatic rings. The van der Waals surface area contributed by atoms with Crippen molar-refractivity contribution >= 4 is 11.8 Å². The summed E-state index contributed by atoms with van der Waals surface area (Å²) in [5.41, 5.74) is 10.7. The quantitative estimate of drug-likeness (QED) is 0.738. The summed E-state index contributed by atoms with van der Waals surface area (Å²) in [6.45, 7) is 5.62. The first-order valence-corrected chi connectivity index (χ1v) is 6.14. The molecule has 0 aromatic heterocycles. The summed E-state index contributed by atoms with van der Waals surface area (Å²) in [5, 5.41) is 0. The van der Waals surface area contributed by atoms with Gasteiger partial charge in [-0.2, -0.15) is 0 Å². The molecule has 0 radical (unpaired) electrons. The largest absolute Gasteiger partial charge is 0.368 e. The first-order valence-electron chi connectivity index (χ1n) is 6.14. The Labute approximate surface area is 103 Å². The van der Waals surface area contributed by atoms with Crippen LogP contribution in [0.25, 0.3) is 0 Å². The smallest absolute Gasteiger partial charge is 0.237 e. The highest BCUT2D eigenvalue weighted by molar-refractivity contribution is 5.88. The molecule has 5 nitrogen and oxygen atoms in total. The third-order valence-corrected chi connectivity index (χ3v) is 3.73. The molecule has 0 spiro atoms. The van der Waals surface area contributed by atoms with Gasteiger partial charge >= 0.3 is 0 Å². The van der Waals surface area contributed by atoms with Gasteiger partial charge < -0.3 is 16.4 Å². The Bertz CT molecular complexity index is 317. The highest BCUT2D eigenvalue weighted by atomic mass is 16.2. The minimum absolute atomic E-state index is 0.0290. The predicted octanol–water partition coefficient (Wildman–Crippen LogP) is 0.226. The number of primary amides is 1. The standard InChI is InChI=1S/C12H23N3O2/c1-8(2)15(7-10(14)16)11(17)12(3)6-4-5-9(12)13/h8-9H,4-7,13H2,1-3H3,(H2,14,16). The molecule has 4 N–H and O–H groups in total. The number of hydrogen-bond donors (Lipinski definition) is 2. The molecular formula is C12H23N3O2. The van der Waals surface area contributed by atoms with Gasteiger partial charge in [0.15, 0.2) is 0 Å². The predicted molar refractivity (Wildman–Crippen MR) is 66.0 cm³/mol. The number of carbonyl (C=O) groups excluding carboxylic acids is 2. The molecule has 1 rings (SSSR count). The molecule has 17 heavy (non-hydrogen) atoms. The average molecular weight is 241 g/mol. The van der Waals surface area contributed by atoms with Crippen molar-refractivity contribution in [3.63, 3.8) is 0 Å². The van der Waals surface area contributed by atoms with Crippen molar-refractivity contribution in [3.8, 4) is 0 Å². The minimum Gasteiger partial charge on any atom is -0.368 e. The van der Waals surface area contributed by atoms with Crippen LogP contribution in [0.4, 0.5) is 0 Å². The summed E-state index contributed by atoms with van der Waals surface area (Å²) in [6, 6.07) is -0.163. The second-order valence-corrected chi connectivity index (χ2v) is 5.41. The van der Waals surface area contributed by atoms with Gasteiger partial charge in [-0.05, 0) is 33.6 Å². The molecule has 0 aromatic rings. The van der Waals surface area contributed by atoms with Crippen LogP contribution in [0.3, 0.4) is 0 Å². The summed E-state index contributed by atoms with van der Waals surface area (Å²) in [7, 11) is 0. The minimum atomic E-state index is -0.542. The fraction of sp³-hybridized carbons (Fsp3) is 0.833. The molecular weight excluding hydrogens is 218 g/mol. The van der Waals surface area contributed by atoms with Crippen molar-refractivity contribution in [2.24, 2.45) is 16.9 Å². The maximum absolute atomic E-state index is 12.5. The van der Waals surface area contributed by atoms with Gasteiger partial charge in [0.05, 0.1) is 12.0 Å². The molecule has 0 aliphatic heterocycles. The molecule has 98 valence electrons. The Morgan fingerprint density at radius 2 is 2.06 bits per heavy atom. The van der Waals surface area contributed by atoms with Crippen molar-refractivity contribution in [1.82, 2.24) is 4.90 Å². The van der Waals surface area contributed by atoms with E-state index in [4.69, 9.17) is 11.5 Å². The van der Waals surface area contributed by atoms with Crippen molar-refractivity contribution in [2.75, 3.05) is 6.54 Å². The molecule has 5 heteroatoms. The third kappa shape index (κ3) is 2.77. The van der Waals surface area contributed by atoms with Crippen LogP contribution in [0, 0.1) is 5.41 Å². The lowest BCUT2D eigenvalue weighted by atomic mass is 9.83. The van der Waals surface area contributed by atoms with E-state index in [9.17, 15) is 9.59 Å². The van der Waals surface area contributed by atoms with Crippen LogP contribution in [0.2, 0.25) is 0 Å². The number of nitrogens with two attached hydrogens (primary N) is 2. The van der Waals surface area contributed by atoms with E-state index in [0.717, 1.165) is 19.3 Å². The Balaban J connectivity index is 2.87. The number of amides is 2. The molecule has 0 saturated heterocycles. The van der Waals surface area contributed by atoms with E-state index in [1.807, 2.05) is 20.8 Å². The highest BCUT2D eigenvalue weighted by Crippen LogP contribution is 2.38. The van der Waals surface area contributed by atoms with Crippen molar-refractivity contribution < 1.29 is 9.59 Å². The lowest BCUT2D eigenvalue weighted by Crippen LogP contribution is -2.53. The van der Waals surface area contributed by atoms with E-state index < -0.39 is 11.3 Å². The van der Waals surface area contributed by atoms with Crippen LogP contribution in [0.1, 0.15) is 40.0 Å². The molecule has 1 fully saturated rings. The summed E-state index contributed by atoms with van der Waals surface area (Å²) < 4.78 is 0. The molecule has 1 saturated carbocycles. The molecule has 0 aromatic carbocycles. The van der Waals surface area contributed by atoms with Gasteiger partial charge in [0, 0.05) is 12.1 Å². The molecule has 2 unspecified atom stereocenters. The normalized spacial score (nSPS) is 28.4. The number of nitrogens with zero attached hydrogens (tertiary/aromatic N) is 1. The van der Waals surface area contributed by atoms with Gasteiger partial charge in [-0.15, -0.1) is 0 Å². The first kappa shape index (κ1) is 14.0. The van der Waals surface area contributed by atoms with Gasteiger partial charge in [-0.1, -0.05) is 6.42 Å². The van der Waals surface area contributed by atoms with Crippen LogP contribution in [-0.2, 0) is 9.59 Å². The topological polar surface area (TPSA) is 89.4 Å². The fourth-order valence-corrected chi connectivity index (χ4v) is 2.44. The molecule has 2 atom stereocenters. The molecule has 1 aliphatic carbocycles. The van der Waals surface area contributed by atoms with Gasteiger partial charge in [0.25, 0.3) is 0 Å². The molecule has 0 heterocycles. The summed E-state index contributed by atoms with van der Waals surface area (Å²) in [4.78, 5) is 25.0. The maximum atomic E-state index is 12.5. The van der Waals surface area contributed by atoms with E-state index in [0.29, 0.717) is 0 Å². The monoisotopic (exact) mass is 241 g/mol. The van der Waals surface area contributed by atoms with E-state index in [2.05, 4.69) is 0 Å². The highest BCUT2D eigenvalue weighted by Gasteiger charge is 2.45. The van der Waals surface area contributed by atoms with Crippen molar-refractivity contribution in [1.29, 1.82) is 0 Å². The Morgan fingerprint density at radius 1 is 1.47 bits per heavy atom. The van der Waals surface area contributed by atoms with Crippen LogP contribution < -0.4 is 11.5 Å². The summed E-state index contributed by atoms with van der Waals surface area (Å²) in [5.74, 6) is -0.529. The molecule has 2 amide bonds. The van der Waals surface area contributed by atoms with Gasteiger partial charge in [-0.3, -0.25) is 9.59 Å². The second-order valence-electron chi connectivity index (χ2n) is 5.41. The maximum Gasteiger partial charge on any atom is 0.237 e. The lowest BCUT2D eigenvalue weighted by molar-refractivity contribution is -0.146. The fourth-order valence-electron chi connectivity index (χ4n) is 2.44. The summed E-state index contributed by atoms with van der Waals surface area (Å²) in [6.07, 6.45) is 2.62. The van der Waals surface area contributed by atoms with E-state index in [-0.39, 0.29) is 24.5 Å². The zero-order valence-corrected chi connectivity index (χ0v) is 10.9. The van der Waals surface area contributed by atoms with Crippen LogP contribution in [0.15, 0.2) is 0 Å². The van der Waals surface area contributed by atoms with E-state index in [1.54, 1.807) is 0 Å². The zero-order chi connectivity index (χ0) is 13.2. The Kier molecular flexibility index (Phi) is 4.14. The van der Waals surface area contributed by atoms with Crippen molar-refractivity contribution in [2.45, 2.75) is 52.1 Å². The Hall–Kier alpha value is -1.10. The second kappa shape index (κ2) is 5.04. The summed E-state index contributed by atoms with van der Waals surface area (Å²) >= 11 is 0. The first-order chi connectivity index (χ1) is 7.79. The Morgan fingerprint density at radius 3 is 2.41 bits per heavy atom. The van der Waals surface area contributed by atoms with Gasteiger partial charge in [-0.25, -0.2) is 0 Å². The van der Waals surface area contributed by atoms with E-state index >= 15 is 0 Å². The number of carbonyl (C=O) groups is 2. The number of hydrogen-bond acceptors (Lipinski definition) is 3. The van der Waals surface area contributed by atoms with Crippen LogP contribution >= 0.6 is 0 Å². The van der Waals surface area contributed by atoms with E-state index in [1.165, 1.54) is 4.90 Å². The van der Waals surface area contributed by atoms with Gasteiger partial charge in [0.2, 0.25) is 11.8 Å². The lowest BCUT2D eigenvalue weighted by Gasteiger charge is -2.36. The average Bonchev–Trinajstić information content (AvgIpc) is 2.55. The van der Waals surface area contributed by atoms with Crippen LogP contribution in [0.5, 0.6) is 0 Å². The molecule has 0 bridgehead atoms. The third-order valence-electron chi connectivity index (χ3n) is 3.73. The van der Waals surface area contributed by atoms with Gasteiger partial charge in [0.1, 0.15) is 0 Å². The zero-order valence-electron chi connectivity index (χ0n) is 10.9. The van der Waals surface area contributed by atoms with Crippen LogP contribution in [-0.4, -0.2) is 35.3 Å². The number of rotatable bonds is 4. The van der Waals surface area contributed by atoms with Crippen molar-refractivity contribution in [3.05, 3.63) is 0 Å². The SMILES string of the molecule is CC(C)N(CC(N)=O)C(=O)C1(C)CCCC1N.